The third-order valence-corrected chi connectivity index (χ3v) is 16.9. The highest BCUT2D eigenvalue weighted by atomic mass is 32.1. The zero-order chi connectivity index (χ0) is 46.4. The van der Waals surface area contributed by atoms with E-state index in [0.717, 1.165) is 11.4 Å². The third kappa shape index (κ3) is 5.47. The van der Waals surface area contributed by atoms with Crippen LogP contribution in [0.2, 0.25) is 0 Å². The largest absolute Gasteiger partial charge is 0.310 e. The van der Waals surface area contributed by atoms with Gasteiger partial charge in [0.1, 0.15) is 0 Å². The molecule has 5 heterocycles. The number of anilines is 3. The zero-order valence-corrected chi connectivity index (χ0v) is 41.8. The van der Waals surface area contributed by atoms with Crippen molar-refractivity contribution in [2.75, 3.05) is 4.90 Å². The summed E-state index contributed by atoms with van der Waals surface area (Å²) < 4.78 is 8.06. The maximum atomic E-state index is 2.70. The van der Waals surface area contributed by atoms with Gasteiger partial charge in [0.05, 0.1) is 27.1 Å². The number of thiophene rings is 1. The average molecular weight is 888 g/mol. The Labute approximate surface area is 399 Å². The third-order valence-electron chi connectivity index (χ3n) is 15.8. The molecule has 0 bridgehead atoms. The molecule has 10 aromatic rings. The van der Waals surface area contributed by atoms with E-state index in [-0.39, 0.29) is 28.4 Å². The van der Waals surface area contributed by atoms with Crippen LogP contribution in [0.15, 0.2) is 133 Å². The number of hydrogen-bond acceptors (Lipinski definition) is 2. The Morgan fingerprint density at radius 3 is 1.79 bits per heavy atom. The van der Waals surface area contributed by atoms with Crippen LogP contribution in [0, 0.1) is 6.92 Å². The molecule has 13 rings (SSSR count). The van der Waals surface area contributed by atoms with Gasteiger partial charge < -0.3 is 14.0 Å². The highest BCUT2D eigenvalue weighted by Gasteiger charge is 2.47. The molecule has 3 aliphatic rings. The molecule has 330 valence electrons. The molecule has 2 aliphatic heterocycles. The van der Waals surface area contributed by atoms with Gasteiger partial charge in [-0.1, -0.05) is 155 Å². The molecule has 0 saturated heterocycles. The highest BCUT2D eigenvalue weighted by molar-refractivity contribution is 7.27. The molecule has 0 N–H and O–H groups in total. The number of aryl methyl sites for hydroxylation is 1. The van der Waals surface area contributed by atoms with E-state index >= 15 is 0 Å². The first-order chi connectivity index (χ1) is 31.8. The first-order valence-electron chi connectivity index (χ1n) is 24.3. The lowest BCUT2D eigenvalue weighted by molar-refractivity contribution is 0.590. The lowest BCUT2D eigenvalue weighted by Gasteiger charge is -2.36. The predicted molar refractivity (Wildman–Crippen MR) is 291 cm³/mol. The number of aromatic nitrogens is 2. The van der Waals surface area contributed by atoms with E-state index in [2.05, 4.69) is 231 Å². The van der Waals surface area contributed by atoms with Gasteiger partial charge in [0.15, 0.2) is 0 Å². The van der Waals surface area contributed by atoms with Crippen molar-refractivity contribution in [3.63, 3.8) is 0 Å². The molecule has 0 atom stereocenters. The minimum Gasteiger partial charge on any atom is -0.310 e. The Kier molecular flexibility index (Phi) is 8.08. The molecular weight excluding hydrogens is 830 g/mol. The number of nitrogens with zero attached hydrogens (tertiary/aromatic N) is 3. The fourth-order valence-corrected chi connectivity index (χ4v) is 13.7. The lowest BCUT2D eigenvalue weighted by atomic mass is 9.34. The van der Waals surface area contributed by atoms with Crippen LogP contribution in [0.5, 0.6) is 0 Å². The zero-order valence-electron chi connectivity index (χ0n) is 41.0. The van der Waals surface area contributed by atoms with Gasteiger partial charge in [-0.15, -0.1) is 11.3 Å². The molecule has 0 radical (unpaired) electrons. The van der Waals surface area contributed by atoms with Crippen LogP contribution in [-0.2, 0) is 21.7 Å². The second-order valence-corrected chi connectivity index (χ2v) is 24.6. The van der Waals surface area contributed by atoms with Crippen molar-refractivity contribution in [1.82, 2.24) is 9.13 Å². The number of fused-ring (bicyclic) bond motifs is 14. The van der Waals surface area contributed by atoms with Crippen LogP contribution in [-0.4, -0.2) is 15.8 Å². The summed E-state index contributed by atoms with van der Waals surface area (Å²) >= 11 is 1.95. The molecule has 3 nitrogen and oxygen atoms in total. The van der Waals surface area contributed by atoms with E-state index in [4.69, 9.17) is 0 Å². The summed E-state index contributed by atoms with van der Waals surface area (Å²) in [5.74, 6) is 0. The SMILES string of the molecule is Cc1cc2c3c(c1)-n1c4c(ccc(N(c5ccc(C(C)(C)C)cc5)c5ccc(C(C)(C)C)cc5)c4c4sc5ccccc5c41)B3c1cc(C(C)(C)C)cc3c4c(n-2c13)-c1ccccc1C4(C)C. The predicted octanol–water partition coefficient (Wildman–Crippen LogP) is 15.1. The molecule has 0 fully saturated rings. The van der Waals surface area contributed by atoms with Crippen molar-refractivity contribution in [2.45, 2.75) is 105 Å². The van der Waals surface area contributed by atoms with Crippen molar-refractivity contribution in [2.24, 2.45) is 0 Å². The van der Waals surface area contributed by atoms with Gasteiger partial charge in [-0.2, -0.15) is 0 Å². The van der Waals surface area contributed by atoms with Crippen LogP contribution in [0.3, 0.4) is 0 Å². The molecule has 5 heteroatoms. The monoisotopic (exact) mass is 887 g/mol. The quantitative estimate of drug-likeness (QED) is 0.161. The molecule has 67 heavy (non-hydrogen) atoms. The molecule has 0 spiro atoms. The normalized spacial score (nSPS) is 14.7. The van der Waals surface area contributed by atoms with E-state index in [1.807, 2.05) is 11.3 Å². The van der Waals surface area contributed by atoms with Crippen LogP contribution >= 0.6 is 11.3 Å². The Morgan fingerprint density at radius 2 is 1.15 bits per heavy atom. The molecule has 1 aliphatic carbocycles. The van der Waals surface area contributed by atoms with Crippen molar-refractivity contribution >= 4 is 93.6 Å². The molecule has 7 aromatic carbocycles. The van der Waals surface area contributed by atoms with Gasteiger partial charge in [-0.25, -0.2) is 0 Å². The maximum Gasteiger partial charge on any atom is 0.252 e. The number of benzene rings is 7. The summed E-state index contributed by atoms with van der Waals surface area (Å²) in [7, 11) is 0. The number of hydrogen-bond donors (Lipinski definition) is 0. The molecule has 3 aromatic heterocycles. The maximum absolute atomic E-state index is 2.70. The van der Waals surface area contributed by atoms with Gasteiger partial charge in [0.2, 0.25) is 0 Å². The summed E-state index contributed by atoms with van der Waals surface area (Å²) in [6.07, 6.45) is 0. The van der Waals surface area contributed by atoms with Gasteiger partial charge in [-0.3, -0.25) is 0 Å². The fraction of sp³-hybridized carbons (Fsp3) is 0.258. The van der Waals surface area contributed by atoms with Crippen molar-refractivity contribution in [3.05, 3.63) is 167 Å². The van der Waals surface area contributed by atoms with Crippen LogP contribution in [0.4, 0.5) is 17.1 Å². The molecule has 0 amide bonds. The van der Waals surface area contributed by atoms with Crippen molar-refractivity contribution < 1.29 is 0 Å². The molecule has 0 saturated carbocycles. The van der Waals surface area contributed by atoms with Crippen LogP contribution in [0.25, 0.3) is 64.7 Å². The summed E-state index contributed by atoms with van der Waals surface area (Å²) in [5.41, 5.74) is 25.2. The average Bonchev–Trinajstić information content (AvgIpc) is 4.00. The summed E-state index contributed by atoms with van der Waals surface area (Å²) in [6, 6.07) is 52.1. The second-order valence-electron chi connectivity index (χ2n) is 23.5. The van der Waals surface area contributed by atoms with E-state index in [1.165, 1.54) is 120 Å². The van der Waals surface area contributed by atoms with Gasteiger partial charge in [0, 0.05) is 60.1 Å². The van der Waals surface area contributed by atoms with Gasteiger partial charge in [-0.05, 0) is 128 Å². The summed E-state index contributed by atoms with van der Waals surface area (Å²) in [5, 5.41) is 4.03. The highest BCUT2D eigenvalue weighted by Crippen LogP contribution is 2.55. The van der Waals surface area contributed by atoms with Crippen molar-refractivity contribution in [3.8, 4) is 22.6 Å². The van der Waals surface area contributed by atoms with E-state index in [9.17, 15) is 0 Å². The standard InChI is InChI=1S/C62H58BN3S/c1-35-31-48-53-49(32-35)66-56-42-18-14-16-20-50(42)67-58(56)51-47(64(39-25-21-36(22-26-39)59(2,3)4)40-27-23-37(24-28-40)60(5,6)7)30-29-45(57(51)66)63(53)46-34-38(61(8,9)10)33-43-52-55(65(48)54(43)46)41-17-13-15-19-44(41)62(52,11)12/h13-34H,1-12H3. The Hall–Kier alpha value is -6.30. The lowest BCUT2D eigenvalue weighted by Crippen LogP contribution is -2.59. The first kappa shape index (κ1) is 40.9. The first-order valence-corrected chi connectivity index (χ1v) is 25.1. The Bertz CT molecular complexity index is 3720. The second kappa shape index (κ2) is 13.2. The number of rotatable bonds is 3. The van der Waals surface area contributed by atoms with Crippen LogP contribution in [0.1, 0.15) is 110 Å². The Morgan fingerprint density at radius 1 is 0.552 bits per heavy atom. The smallest absolute Gasteiger partial charge is 0.252 e. The summed E-state index contributed by atoms with van der Waals surface area (Å²) in [6.45, 7) is 28.2. The summed E-state index contributed by atoms with van der Waals surface area (Å²) in [4.78, 5) is 2.54. The molecule has 0 unspecified atom stereocenters. The Balaban J connectivity index is 1.18. The molecular formula is C62H58BN3S. The minimum absolute atomic E-state index is 0.0428. The van der Waals surface area contributed by atoms with Gasteiger partial charge in [0.25, 0.3) is 6.71 Å². The van der Waals surface area contributed by atoms with E-state index in [1.54, 1.807) is 0 Å². The van der Waals surface area contributed by atoms with Crippen LogP contribution < -0.4 is 21.3 Å². The van der Waals surface area contributed by atoms with E-state index < -0.39 is 0 Å². The van der Waals surface area contributed by atoms with Crippen molar-refractivity contribution in [1.29, 1.82) is 0 Å². The van der Waals surface area contributed by atoms with E-state index in [0.29, 0.717) is 0 Å². The fourth-order valence-electron chi connectivity index (χ4n) is 12.4. The topological polar surface area (TPSA) is 13.1 Å². The minimum atomic E-state index is -0.155. The van der Waals surface area contributed by atoms with Gasteiger partial charge >= 0.3 is 0 Å².